The first-order chi connectivity index (χ1) is 8.16. The zero-order valence-electron chi connectivity index (χ0n) is 10.0. The molecule has 0 radical (unpaired) electrons. The average molecular weight is 250 g/mol. The molecule has 90 valence electrons. The first-order valence-corrected chi connectivity index (χ1v) is 6.16. The second-order valence-corrected chi connectivity index (χ2v) is 4.58. The van der Waals surface area contributed by atoms with Crippen LogP contribution in [0.3, 0.4) is 0 Å². The van der Waals surface area contributed by atoms with Gasteiger partial charge in [-0.05, 0) is 32.9 Å². The Labute approximate surface area is 104 Å². The van der Waals surface area contributed by atoms with E-state index >= 15 is 0 Å². The van der Waals surface area contributed by atoms with Crippen molar-refractivity contribution in [2.24, 2.45) is 0 Å². The highest BCUT2D eigenvalue weighted by atomic mass is 32.1. The number of para-hydroxylation sites is 2. The number of ether oxygens (including phenoxy) is 2. The van der Waals surface area contributed by atoms with E-state index in [0.717, 1.165) is 11.4 Å². The van der Waals surface area contributed by atoms with Crippen molar-refractivity contribution in [1.29, 1.82) is 0 Å². The van der Waals surface area contributed by atoms with Crippen molar-refractivity contribution in [3.05, 3.63) is 30.0 Å². The molecule has 0 bridgehead atoms. The normalized spacial score (nSPS) is 10.6. The first kappa shape index (κ1) is 11.9. The molecule has 0 saturated heterocycles. The summed E-state index contributed by atoms with van der Waals surface area (Å²) >= 11 is 1.23. The van der Waals surface area contributed by atoms with Crippen LogP contribution in [-0.2, 0) is 0 Å². The first-order valence-electron chi connectivity index (χ1n) is 5.39. The number of aromatic nitrogens is 2. The van der Waals surface area contributed by atoms with Crippen LogP contribution in [0, 0.1) is 6.92 Å². The van der Waals surface area contributed by atoms with Gasteiger partial charge in [0.1, 0.15) is 5.69 Å². The predicted molar refractivity (Wildman–Crippen MR) is 66.9 cm³/mol. The van der Waals surface area contributed by atoms with E-state index in [0.29, 0.717) is 10.8 Å². The summed E-state index contributed by atoms with van der Waals surface area (Å²) in [5.74, 6) is 1.42. The van der Waals surface area contributed by atoms with E-state index in [2.05, 4.69) is 9.59 Å². The van der Waals surface area contributed by atoms with Crippen LogP contribution in [0.1, 0.15) is 19.5 Å². The van der Waals surface area contributed by atoms with Crippen LogP contribution >= 0.6 is 11.5 Å². The lowest BCUT2D eigenvalue weighted by molar-refractivity contribution is 0.234. The fourth-order valence-corrected chi connectivity index (χ4v) is 1.84. The highest BCUT2D eigenvalue weighted by molar-refractivity contribution is 7.07. The van der Waals surface area contributed by atoms with Crippen LogP contribution in [-0.4, -0.2) is 15.7 Å². The van der Waals surface area contributed by atoms with Gasteiger partial charge in [0.25, 0.3) is 0 Å². The van der Waals surface area contributed by atoms with Gasteiger partial charge in [0.15, 0.2) is 11.5 Å². The fraction of sp³-hybridized carbons (Fsp3) is 0.333. The molecule has 5 heteroatoms. The number of nitrogens with zero attached hydrogens (tertiary/aromatic N) is 2. The SMILES string of the molecule is Cc1nnsc1Oc1ccccc1OC(C)C. The van der Waals surface area contributed by atoms with Crippen molar-refractivity contribution < 1.29 is 9.47 Å². The summed E-state index contributed by atoms with van der Waals surface area (Å²) in [4.78, 5) is 0. The molecule has 0 atom stereocenters. The molecule has 1 aromatic heterocycles. The standard InChI is InChI=1S/C12H14N2O2S/c1-8(2)15-10-6-4-5-7-11(10)16-12-9(3)13-14-17-12/h4-8H,1-3H3. The Morgan fingerprint density at radius 1 is 1.18 bits per heavy atom. The molecule has 17 heavy (non-hydrogen) atoms. The molecule has 1 heterocycles. The van der Waals surface area contributed by atoms with E-state index < -0.39 is 0 Å². The summed E-state index contributed by atoms with van der Waals surface area (Å²) in [6, 6.07) is 7.59. The van der Waals surface area contributed by atoms with Crippen LogP contribution < -0.4 is 9.47 Å². The van der Waals surface area contributed by atoms with Gasteiger partial charge in [-0.15, -0.1) is 5.10 Å². The summed E-state index contributed by atoms with van der Waals surface area (Å²) in [6.45, 7) is 5.83. The molecule has 0 aliphatic heterocycles. The summed E-state index contributed by atoms with van der Waals surface area (Å²) in [5, 5.41) is 4.60. The minimum atomic E-state index is 0.112. The van der Waals surface area contributed by atoms with Crippen LogP contribution in [0.4, 0.5) is 0 Å². The van der Waals surface area contributed by atoms with Gasteiger partial charge in [-0.3, -0.25) is 0 Å². The zero-order valence-corrected chi connectivity index (χ0v) is 10.8. The second-order valence-electron chi connectivity index (χ2n) is 3.86. The van der Waals surface area contributed by atoms with E-state index in [1.165, 1.54) is 11.5 Å². The molecule has 0 fully saturated rings. The maximum atomic E-state index is 5.75. The topological polar surface area (TPSA) is 44.2 Å². The molecule has 1 aromatic carbocycles. The van der Waals surface area contributed by atoms with Gasteiger partial charge >= 0.3 is 0 Å². The predicted octanol–water partition coefficient (Wildman–Crippen LogP) is 3.43. The lowest BCUT2D eigenvalue weighted by atomic mass is 10.3. The number of hydrogen-bond donors (Lipinski definition) is 0. The number of benzene rings is 1. The van der Waals surface area contributed by atoms with Crippen molar-refractivity contribution in [3.63, 3.8) is 0 Å². The Morgan fingerprint density at radius 3 is 2.47 bits per heavy atom. The Kier molecular flexibility index (Phi) is 3.58. The Morgan fingerprint density at radius 2 is 1.88 bits per heavy atom. The van der Waals surface area contributed by atoms with Gasteiger partial charge in [-0.25, -0.2) is 0 Å². The van der Waals surface area contributed by atoms with E-state index in [1.54, 1.807) is 0 Å². The Bertz CT molecular complexity index is 497. The van der Waals surface area contributed by atoms with Crippen molar-refractivity contribution in [1.82, 2.24) is 9.59 Å². The molecule has 2 aromatic rings. The lowest BCUT2D eigenvalue weighted by Crippen LogP contribution is -2.06. The van der Waals surface area contributed by atoms with E-state index in [9.17, 15) is 0 Å². The highest BCUT2D eigenvalue weighted by Crippen LogP contribution is 2.34. The summed E-state index contributed by atoms with van der Waals surface area (Å²) < 4.78 is 15.3. The van der Waals surface area contributed by atoms with E-state index in [1.807, 2.05) is 45.0 Å². The third kappa shape index (κ3) is 2.94. The third-order valence-electron chi connectivity index (χ3n) is 2.02. The number of hydrogen-bond acceptors (Lipinski definition) is 5. The molecule has 0 aliphatic rings. The quantitative estimate of drug-likeness (QED) is 0.834. The van der Waals surface area contributed by atoms with Gasteiger partial charge in [-0.1, -0.05) is 16.6 Å². The number of aryl methyl sites for hydroxylation is 1. The fourth-order valence-electron chi connectivity index (χ4n) is 1.30. The largest absolute Gasteiger partial charge is 0.487 e. The minimum absolute atomic E-state index is 0.112. The van der Waals surface area contributed by atoms with Crippen molar-refractivity contribution in [2.75, 3.05) is 0 Å². The summed E-state index contributed by atoms with van der Waals surface area (Å²) in [6.07, 6.45) is 0.112. The molecule has 0 unspecified atom stereocenters. The second kappa shape index (κ2) is 5.14. The number of rotatable bonds is 4. The molecule has 0 saturated carbocycles. The molecule has 2 rings (SSSR count). The third-order valence-corrected chi connectivity index (χ3v) is 2.73. The molecule has 0 amide bonds. The zero-order chi connectivity index (χ0) is 12.3. The van der Waals surface area contributed by atoms with Crippen LogP contribution in [0.5, 0.6) is 16.6 Å². The molecule has 4 nitrogen and oxygen atoms in total. The van der Waals surface area contributed by atoms with Crippen molar-refractivity contribution >= 4 is 11.5 Å². The smallest absolute Gasteiger partial charge is 0.223 e. The van der Waals surface area contributed by atoms with Crippen LogP contribution in [0.2, 0.25) is 0 Å². The van der Waals surface area contributed by atoms with Gasteiger partial charge in [0.2, 0.25) is 5.06 Å². The summed E-state index contributed by atoms with van der Waals surface area (Å²) in [7, 11) is 0. The maximum Gasteiger partial charge on any atom is 0.223 e. The van der Waals surface area contributed by atoms with E-state index in [4.69, 9.17) is 9.47 Å². The van der Waals surface area contributed by atoms with Crippen molar-refractivity contribution in [2.45, 2.75) is 26.9 Å². The molecule has 0 N–H and O–H groups in total. The van der Waals surface area contributed by atoms with Gasteiger partial charge < -0.3 is 9.47 Å². The van der Waals surface area contributed by atoms with Crippen LogP contribution in [0.15, 0.2) is 24.3 Å². The Balaban J connectivity index is 2.23. The lowest BCUT2D eigenvalue weighted by Gasteiger charge is -2.13. The van der Waals surface area contributed by atoms with E-state index in [-0.39, 0.29) is 6.10 Å². The van der Waals surface area contributed by atoms with Gasteiger partial charge in [0.05, 0.1) is 6.10 Å². The summed E-state index contributed by atoms with van der Waals surface area (Å²) in [5.41, 5.74) is 0.786. The molecule has 0 spiro atoms. The molecule has 0 aliphatic carbocycles. The average Bonchev–Trinajstić information content (AvgIpc) is 2.67. The molecular weight excluding hydrogens is 236 g/mol. The monoisotopic (exact) mass is 250 g/mol. The van der Waals surface area contributed by atoms with Crippen LogP contribution in [0.25, 0.3) is 0 Å². The maximum absolute atomic E-state index is 5.75. The highest BCUT2D eigenvalue weighted by Gasteiger charge is 2.10. The van der Waals surface area contributed by atoms with Gasteiger partial charge in [-0.2, -0.15) is 0 Å². The van der Waals surface area contributed by atoms with Crippen molar-refractivity contribution in [3.8, 4) is 16.6 Å². The Hall–Kier alpha value is -1.62. The van der Waals surface area contributed by atoms with Gasteiger partial charge in [0, 0.05) is 11.5 Å². The minimum Gasteiger partial charge on any atom is -0.487 e. The molecular formula is C12H14N2O2S.